The van der Waals surface area contributed by atoms with Crippen molar-refractivity contribution in [2.24, 2.45) is 0 Å². The van der Waals surface area contributed by atoms with Crippen LogP contribution in [0.5, 0.6) is 0 Å². The maximum absolute atomic E-state index is 10.5. The number of hydrogen-bond acceptors (Lipinski definition) is 6. The van der Waals surface area contributed by atoms with E-state index in [0.717, 1.165) is 5.57 Å². The first-order valence-electron chi connectivity index (χ1n) is 5.23. The van der Waals surface area contributed by atoms with Gasteiger partial charge < -0.3 is 15.8 Å². The highest BCUT2D eigenvalue weighted by molar-refractivity contribution is 6.29. The van der Waals surface area contributed by atoms with E-state index in [1.54, 1.807) is 30.5 Å². The van der Waals surface area contributed by atoms with Crippen LogP contribution >= 0.6 is 11.6 Å². The van der Waals surface area contributed by atoms with E-state index in [2.05, 4.69) is 21.0 Å². The third-order valence-electron chi connectivity index (χ3n) is 2.17. The minimum atomic E-state index is -0.446. The summed E-state index contributed by atoms with van der Waals surface area (Å²) in [6, 6.07) is 3.26. The molecule has 8 heteroatoms. The fraction of sp³-hybridized carbons (Fsp3) is 0. The lowest BCUT2D eigenvalue weighted by molar-refractivity contribution is -0.377. The van der Waals surface area contributed by atoms with Gasteiger partial charge in [-0.2, -0.15) is 4.90 Å². The van der Waals surface area contributed by atoms with Gasteiger partial charge in [0.25, 0.3) is 0 Å². The predicted molar refractivity (Wildman–Crippen MR) is 72.2 cm³/mol. The summed E-state index contributed by atoms with van der Waals surface area (Å²) < 4.78 is 0. The molecule has 0 unspecified atom stereocenters. The van der Waals surface area contributed by atoms with Gasteiger partial charge in [0.1, 0.15) is 0 Å². The van der Waals surface area contributed by atoms with E-state index in [1.165, 1.54) is 12.2 Å². The number of halogens is 1. The number of anilines is 1. The molecule has 1 aromatic rings. The number of rotatable bonds is 3. The lowest BCUT2D eigenvalue weighted by Gasteiger charge is -2.09. The van der Waals surface area contributed by atoms with Crippen molar-refractivity contribution < 1.29 is 4.90 Å². The number of nitrogens with one attached hydrogen (secondary N) is 2. The average Bonchev–Trinajstić information content (AvgIpc) is 2.41. The van der Waals surface area contributed by atoms with Crippen molar-refractivity contribution in [1.82, 2.24) is 15.6 Å². The van der Waals surface area contributed by atoms with Crippen LogP contribution in [0.25, 0.3) is 0 Å². The molecule has 19 heavy (non-hydrogen) atoms. The molecule has 2 rings (SSSR count). The summed E-state index contributed by atoms with van der Waals surface area (Å²) in [5, 5.41) is 28.7. The van der Waals surface area contributed by atoms with E-state index >= 15 is 0 Å². The van der Waals surface area contributed by atoms with Crippen LogP contribution in [0, 0.1) is 10.4 Å². The molecular weight excluding hydrogens is 270 g/mol. The Labute approximate surface area is 113 Å². The Morgan fingerprint density at radius 3 is 2.42 bits per heavy atom. The van der Waals surface area contributed by atoms with Crippen LogP contribution in [0.15, 0.2) is 48.2 Å². The normalized spacial score (nSPS) is 13.3. The van der Waals surface area contributed by atoms with Gasteiger partial charge in [-0.25, -0.2) is 0 Å². The summed E-state index contributed by atoms with van der Waals surface area (Å²) in [5.41, 5.74) is 6.41. The Morgan fingerprint density at radius 1 is 1.11 bits per heavy atom. The highest BCUT2D eigenvalue weighted by atomic mass is 35.5. The molecule has 7 nitrogen and oxygen atoms in total. The van der Waals surface area contributed by atoms with Crippen LogP contribution in [0.1, 0.15) is 0 Å². The van der Waals surface area contributed by atoms with Gasteiger partial charge in [-0.1, -0.05) is 11.6 Å². The first-order valence-corrected chi connectivity index (χ1v) is 5.61. The van der Waals surface area contributed by atoms with Gasteiger partial charge in [0.15, 0.2) is 11.0 Å². The third-order valence-corrected chi connectivity index (χ3v) is 2.38. The Balaban J connectivity index is 1.91. The molecule has 0 aliphatic heterocycles. The molecule has 0 aromatic carbocycles. The summed E-state index contributed by atoms with van der Waals surface area (Å²) in [5.74, 6) is 0.502. The fourth-order valence-electron chi connectivity index (χ4n) is 1.27. The number of nitrogens with zero attached hydrogens (tertiary/aromatic N) is 3. The molecule has 0 atom stereocenters. The van der Waals surface area contributed by atoms with E-state index in [-0.39, 0.29) is 5.71 Å². The van der Waals surface area contributed by atoms with Gasteiger partial charge in [-0.15, -0.1) is 10.2 Å². The smallest absolute Gasteiger partial charge is 0.222 e. The number of hydrogen-bond donors (Lipinski definition) is 2. The Hall–Kier alpha value is -2.54. The van der Waals surface area contributed by atoms with Crippen molar-refractivity contribution in [2.75, 3.05) is 5.43 Å². The Bertz CT molecular complexity index is 555. The highest BCUT2D eigenvalue weighted by Crippen LogP contribution is 2.07. The topological polar surface area (TPSA) is 99.0 Å². The molecule has 0 amide bonds. The monoisotopic (exact) mass is 278 g/mol. The summed E-state index contributed by atoms with van der Waals surface area (Å²) in [6.45, 7) is 0. The lowest BCUT2D eigenvalue weighted by Crippen LogP contribution is -2.16. The standard InChI is InChI=1S/C11H9ClN5O2/c12-10-5-6-11(16-14-10)15-13-7-8-1-3-9(4-2-8)17(18)19/h1-7,13H,(H-,15,16,18,19)/q-1. The summed E-state index contributed by atoms with van der Waals surface area (Å²) in [6.07, 6.45) is 7.74. The number of hydrazine groups is 1. The fourth-order valence-corrected chi connectivity index (χ4v) is 1.37. The van der Waals surface area contributed by atoms with Crippen molar-refractivity contribution in [3.8, 4) is 0 Å². The van der Waals surface area contributed by atoms with Gasteiger partial charge in [0, 0.05) is 18.4 Å². The maximum atomic E-state index is 10.5. The molecule has 1 heterocycles. The van der Waals surface area contributed by atoms with E-state index in [4.69, 9.17) is 11.6 Å². The van der Waals surface area contributed by atoms with Crippen LogP contribution < -0.4 is 10.9 Å². The molecule has 2 N–H and O–H groups in total. The summed E-state index contributed by atoms with van der Waals surface area (Å²) in [4.78, 5) is -0.446. The number of allylic oxidation sites excluding steroid dienone is 5. The zero-order valence-electron chi connectivity index (χ0n) is 9.58. The molecule has 0 fully saturated rings. The average molecular weight is 279 g/mol. The predicted octanol–water partition coefficient (Wildman–Crippen LogP) is 1.51. The SMILES string of the molecule is [O-][N+]([O-])=C1C=CC(=CNNc2ccc(Cl)nn2)C=C1. The van der Waals surface area contributed by atoms with E-state index in [9.17, 15) is 10.4 Å². The minimum absolute atomic E-state index is 0.0497. The van der Waals surface area contributed by atoms with Gasteiger partial charge >= 0.3 is 0 Å². The second-order valence-electron chi connectivity index (χ2n) is 3.50. The molecular formula is C11H9ClN5O2-. The minimum Gasteiger partial charge on any atom is -0.612 e. The molecule has 1 aliphatic carbocycles. The molecule has 1 aliphatic rings. The molecule has 0 spiro atoms. The van der Waals surface area contributed by atoms with Gasteiger partial charge in [0.2, 0.25) is 5.71 Å². The highest BCUT2D eigenvalue weighted by Gasteiger charge is 2.02. The molecule has 0 saturated heterocycles. The first kappa shape index (κ1) is 12.9. The second kappa shape index (κ2) is 5.87. The maximum Gasteiger partial charge on any atom is 0.222 e. The Morgan fingerprint density at radius 2 is 1.84 bits per heavy atom. The van der Waals surface area contributed by atoms with Crippen LogP contribution in [0.4, 0.5) is 5.82 Å². The first-order chi connectivity index (χ1) is 9.15. The van der Waals surface area contributed by atoms with Crippen LogP contribution in [-0.2, 0) is 0 Å². The van der Waals surface area contributed by atoms with Gasteiger partial charge in [-0.05, 0) is 29.9 Å². The molecule has 1 aromatic heterocycles. The zero-order valence-corrected chi connectivity index (χ0v) is 10.3. The van der Waals surface area contributed by atoms with E-state index in [1.807, 2.05) is 0 Å². The summed E-state index contributed by atoms with van der Waals surface area (Å²) >= 11 is 5.60. The van der Waals surface area contributed by atoms with Crippen LogP contribution in [-0.4, -0.2) is 20.8 Å². The van der Waals surface area contributed by atoms with E-state index < -0.39 is 4.90 Å². The molecule has 0 radical (unpaired) electrons. The van der Waals surface area contributed by atoms with Crippen molar-refractivity contribution in [1.29, 1.82) is 0 Å². The molecule has 98 valence electrons. The molecule has 0 saturated carbocycles. The lowest BCUT2D eigenvalue weighted by atomic mass is 10.1. The largest absolute Gasteiger partial charge is 0.612 e. The van der Waals surface area contributed by atoms with Gasteiger partial charge in [0.05, 0.1) is 0 Å². The quantitative estimate of drug-likeness (QED) is 0.642. The van der Waals surface area contributed by atoms with Crippen molar-refractivity contribution >= 4 is 23.1 Å². The summed E-state index contributed by atoms with van der Waals surface area (Å²) in [7, 11) is 0. The van der Waals surface area contributed by atoms with Crippen molar-refractivity contribution in [3.05, 3.63) is 63.8 Å². The van der Waals surface area contributed by atoms with Crippen molar-refractivity contribution in [2.45, 2.75) is 0 Å². The molecule has 0 bridgehead atoms. The third kappa shape index (κ3) is 3.71. The number of aromatic nitrogens is 2. The zero-order chi connectivity index (χ0) is 13.7. The van der Waals surface area contributed by atoms with Crippen LogP contribution in [0.2, 0.25) is 5.15 Å². The van der Waals surface area contributed by atoms with E-state index in [0.29, 0.717) is 11.0 Å². The second-order valence-corrected chi connectivity index (χ2v) is 3.89. The van der Waals surface area contributed by atoms with Gasteiger partial charge in [-0.3, -0.25) is 5.43 Å². The van der Waals surface area contributed by atoms with Crippen LogP contribution in [0.3, 0.4) is 0 Å². The van der Waals surface area contributed by atoms with Crippen molar-refractivity contribution in [3.63, 3.8) is 0 Å². The Kier molecular flexibility index (Phi) is 3.99.